The maximum Gasteiger partial charge on any atom is 0.227 e. The minimum absolute atomic E-state index is 0.149. The third kappa shape index (κ3) is 5.62. The second-order valence-electron chi connectivity index (χ2n) is 8.34. The third-order valence-corrected chi connectivity index (χ3v) is 6.14. The van der Waals surface area contributed by atoms with Gasteiger partial charge in [-0.1, -0.05) is 43.0 Å². The van der Waals surface area contributed by atoms with Gasteiger partial charge in [0.25, 0.3) is 0 Å². The minimum atomic E-state index is -0.149. The number of hydrogen-bond acceptors (Lipinski definition) is 5. The molecular formula is C24H29N5O2S. The molecule has 2 heterocycles. The molecular weight excluding hydrogens is 422 g/mol. The maximum atomic E-state index is 12.7. The van der Waals surface area contributed by atoms with Gasteiger partial charge in [0.15, 0.2) is 22.2 Å². The van der Waals surface area contributed by atoms with Crippen molar-refractivity contribution < 1.29 is 9.53 Å². The topological polar surface area (TPSA) is 84.8 Å². The molecule has 4 rings (SSSR count). The van der Waals surface area contributed by atoms with E-state index < -0.39 is 0 Å². The number of ether oxygens (including phenoxy) is 1. The molecule has 1 aliphatic rings. The van der Waals surface area contributed by atoms with Crippen molar-refractivity contribution in [2.75, 3.05) is 11.9 Å². The number of H-pyrrole nitrogens is 1. The molecule has 1 aliphatic carbocycles. The summed E-state index contributed by atoms with van der Waals surface area (Å²) in [5, 5.41) is 10.1. The molecule has 8 heteroatoms. The monoisotopic (exact) mass is 451 g/mol. The number of anilines is 1. The first-order chi connectivity index (χ1) is 15.6. The smallest absolute Gasteiger partial charge is 0.227 e. The van der Waals surface area contributed by atoms with Crippen molar-refractivity contribution in [3.8, 4) is 17.1 Å². The Kier molecular flexibility index (Phi) is 7.32. The predicted molar refractivity (Wildman–Crippen MR) is 127 cm³/mol. The molecule has 2 aromatic heterocycles. The summed E-state index contributed by atoms with van der Waals surface area (Å²) in [6.45, 7) is 3.11. The van der Waals surface area contributed by atoms with Gasteiger partial charge < -0.3 is 10.1 Å². The zero-order valence-electron chi connectivity index (χ0n) is 18.3. The Morgan fingerprint density at radius 3 is 2.91 bits per heavy atom. The number of nitrogens with zero attached hydrogens (tertiary/aromatic N) is 3. The van der Waals surface area contributed by atoms with Crippen LogP contribution in [0.2, 0.25) is 0 Å². The van der Waals surface area contributed by atoms with Gasteiger partial charge in [-0.25, -0.2) is 4.98 Å². The van der Waals surface area contributed by atoms with Gasteiger partial charge in [0, 0.05) is 24.7 Å². The maximum absolute atomic E-state index is 12.7. The lowest BCUT2D eigenvalue weighted by Gasteiger charge is -2.22. The van der Waals surface area contributed by atoms with Crippen LogP contribution in [0.4, 0.5) is 5.82 Å². The average molecular weight is 452 g/mol. The van der Waals surface area contributed by atoms with E-state index in [4.69, 9.17) is 17.0 Å². The summed E-state index contributed by atoms with van der Waals surface area (Å²) in [6.07, 6.45) is 8.16. The highest BCUT2D eigenvalue weighted by Crippen LogP contribution is 2.27. The van der Waals surface area contributed by atoms with Crippen molar-refractivity contribution >= 4 is 23.9 Å². The first-order valence-electron chi connectivity index (χ1n) is 11.2. The van der Waals surface area contributed by atoms with Crippen LogP contribution in [-0.2, 0) is 11.3 Å². The van der Waals surface area contributed by atoms with Gasteiger partial charge in [-0.3, -0.25) is 14.5 Å². The van der Waals surface area contributed by atoms with Crippen LogP contribution in [0.25, 0.3) is 11.4 Å². The summed E-state index contributed by atoms with van der Waals surface area (Å²) in [4.78, 5) is 17.0. The molecule has 1 amide bonds. The normalized spacial score (nSPS) is 14.3. The zero-order chi connectivity index (χ0) is 22.3. The molecule has 0 aliphatic heterocycles. The van der Waals surface area contributed by atoms with Gasteiger partial charge in [0.2, 0.25) is 5.91 Å². The van der Waals surface area contributed by atoms with Gasteiger partial charge >= 0.3 is 0 Å². The number of carbonyl (C=O) groups is 1. The van der Waals surface area contributed by atoms with Crippen molar-refractivity contribution in [3.63, 3.8) is 0 Å². The summed E-state index contributed by atoms with van der Waals surface area (Å²) in [5.41, 5.74) is 2.09. The fourth-order valence-electron chi connectivity index (χ4n) is 4.10. The lowest BCUT2D eigenvalue weighted by Crippen LogP contribution is -2.18. The van der Waals surface area contributed by atoms with E-state index in [-0.39, 0.29) is 12.3 Å². The number of amides is 1. The van der Waals surface area contributed by atoms with Crippen LogP contribution in [0, 0.1) is 17.6 Å². The quantitative estimate of drug-likeness (QED) is 0.454. The lowest BCUT2D eigenvalue weighted by atomic mass is 9.90. The van der Waals surface area contributed by atoms with Gasteiger partial charge in [-0.05, 0) is 56.1 Å². The summed E-state index contributed by atoms with van der Waals surface area (Å²) in [7, 11) is 0. The molecule has 0 unspecified atom stereocenters. The third-order valence-electron chi connectivity index (χ3n) is 5.82. The lowest BCUT2D eigenvalue weighted by molar-refractivity contribution is -0.116. The standard InChI is InChI=1S/C24H29N5O2S/c1-17-7-5-10-19(15-17)23-27-28-24(32)29(23)14-12-21(30)26-22-20(11-6-13-25-22)31-16-18-8-3-2-4-9-18/h5-7,10-11,13,15,18H,2-4,8-9,12,14,16H2,1H3,(H,28,32)(H,25,26,30). The molecule has 7 nitrogen and oxygen atoms in total. The summed E-state index contributed by atoms with van der Waals surface area (Å²) in [5.74, 6) is 2.23. The van der Waals surface area contributed by atoms with E-state index in [1.54, 1.807) is 6.20 Å². The summed E-state index contributed by atoms with van der Waals surface area (Å²) in [6, 6.07) is 11.7. The largest absolute Gasteiger partial charge is 0.489 e. The second kappa shape index (κ2) is 10.5. The number of nitrogens with one attached hydrogen (secondary N) is 2. The number of benzene rings is 1. The molecule has 1 aromatic carbocycles. The fourth-order valence-corrected chi connectivity index (χ4v) is 4.32. The van der Waals surface area contributed by atoms with Crippen LogP contribution in [0.15, 0.2) is 42.6 Å². The van der Waals surface area contributed by atoms with E-state index in [0.29, 0.717) is 35.4 Å². The fraction of sp³-hybridized carbons (Fsp3) is 0.417. The molecule has 1 fully saturated rings. The highest BCUT2D eigenvalue weighted by molar-refractivity contribution is 7.71. The van der Waals surface area contributed by atoms with E-state index in [2.05, 4.69) is 20.5 Å². The molecule has 168 valence electrons. The minimum Gasteiger partial charge on any atom is -0.489 e. The first-order valence-corrected chi connectivity index (χ1v) is 11.6. The van der Waals surface area contributed by atoms with Crippen molar-refractivity contribution in [2.24, 2.45) is 5.92 Å². The molecule has 0 radical (unpaired) electrons. The van der Waals surface area contributed by atoms with E-state index >= 15 is 0 Å². The summed E-state index contributed by atoms with van der Waals surface area (Å²) >= 11 is 5.39. The van der Waals surface area contributed by atoms with E-state index in [9.17, 15) is 4.79 Å². The zero-order valence-corrected chi connectivity index (χ0v) is 19.2. The molecule has 2 N–H and O–H groups in total. The van der Waals surface area contributed by atoms with E-state index in [1.807, 2.05) is 47.9 Å². The molecule has 0 saturated heterocycles. The van der Waals surface area contributed by atoms with E-state index in [1.165, 1.54) is 32.1 Å². The Labute approximate surface area is 193 Å². The Bertz CT molecular complexity index is 1120. The van der Waals surface area contributed by atoms with Crippen LogP contribution >= 0.6 is 12.2 Å². The van der Waals surface area contributed by atoms with Crippen LogP contribution in [0.3, 0.4) is 0 Å². The van der Waals surface area contributed by atoms with Gasteiger partial charge in [0.05, 0.1) is 6.61 Å². The van der Waals surface area contributed by atoms with E-state index in [0.717, 1.165) is 17.0 Å². The van der Waals surface area contributed by atoms with Crippen LogP contribution in [0.5, 0.6) is 5.75 Å². The van der Waals surface area contributed by atoms with Crippen molar-refractivity contribution in [2.45, 2.75) is 52.0 Å². The van der Waals surface area contributed by atoms with Crippen LogP contribution in [0.1, 0.15) is 44.1 Å². The molecule has 0 bridgehead atoms. The van der Waals surface area contributed by atoms with Gasteiger partial charge in [-0.2, -0.15) is 5.10 Å². The number of aromatic amines is 1. The van der Waals surface area contributed by atoms with Crippen molar-refractivity contribution in [1.82, 2.24) is 19.7 Å². The Hall–Kier alpha value is -3.00. The SMILES string of the molecule is Cc1cccc(-c2n[nH]c(=S)n2CCC(=O)Nc2ncccc2OCC2CCCCC2)c1. The number of carbonyl (C=O) groups excluding carboxylic acids is 1. The number of rotatable bonds is 8. The molecule has 3 aromatic rings. The number of pyridine rings is 1. The molecule has 32 heavy (non-hydrogen) atoms. The second-order valence-corrected chi connectivity index (χ2v) is 8.72. The average Bonchev–Trinajstić information content (AvgIpc) is 3.18. The Morgan fingerprint density at radius 2 is 2.09 bits per heavy atom. The Morgan fingerprint density at radius 1 is 1.25 bits per heavy atom. The molecule has 0 atom stereocenters. The number of hydrogen-bond donors (Lipinski definition) is 2. The summed E-state index contributed by atoms with van der Waals surface area (Å²) < 4.78 is 8.36. The molecule has 1 saturated carbocycles. The van der Waals surface area contributed by atoms with Crippen molar-refractivity contribution in [1.29, 1.82) is 0 Å². The number of aromatic nitrogens is 4. The Balaban J connectivity index is 1.38. The molecule has 0 spiro atoms. The predicted octanol–water partition coefficient (Wildman–Crippen LogP) is 5.30. The van der Waals surface area contributed by atoms with Gasteiger partial charge in [-0.15, -0.1) is 0 Å². The van der Waals surface area contributed by atoms with Crippen LogP contribution < -0.4 is 10.1 Å². The first kappa shape index (κ1) is 22.2. The van der Waals surface area contributed by atoms with Crippen LogP contribution in [-0.4, -0.2) is 32.3 Å². The highest BCUT2D eigenvalue weighted by Gasteiger charge is 2.16. The van der Waals surface area contributed by atoms with Gasteiger partial charge in [0.1, 0.15) is 0 Å². The number of aryl methyl sites for hydroxylation is 1. The van der Waals surface area contributed by atoms with Crippen molar-refractivity contribution in [3.05, 3.63) is 52.9 Å². The highest BCUT2D eigenvalue weighted by atomic mass is 32.1.